The van der Waals surface area contributed by atoms with Crippen LogP contribution in [-0.4, -0.2) is 25.8 Å². The van der Waals surface area contributed by atoms with Gasteiger partial charge in [-0.1, -0.05) is 29.8 Å². The van der Waals surface area contributed by atoms with E-state index in [1.54, 1.807) is 21.1 Å². The first-order valence-corrected chi connectivity index (χ1v) is 8.07. The highest BCUT2D eigenvalue weighted by molar-refractivity contribution is 6.04. The molecule has 25 heavy (non-hydrogen) atoms. The molecule has 2 rings (SSSR count). The third-order valence-corrected chi connectivity index (χ3v) is 3.99. The Morgan fingerprint density at radius 1 is 1.08 bits per heavy atom. The van der Waals surface area contributed by atoms with Gasteiger partial charge in [0.1, 0.15) is 11.5 Å². The van der Waals surface area contributed by atoms with E-state index in [0.29, 0.717) is 17.2 Å². The second-order valence-electron chi connectivity index (χ2n) is 5.88. The Bertz CT molecular complexity index is 775. The van der Waals surface area contributed by atoms with Gasteiger partial charge >= 0.3 is 0 Å². The zero-order valence-electron chi connectivity index (χ0n) is 15.3. The van der Waals surface area contributed by atoms with Crippen LogP contribution in [0.1, 0.15) is 29.2 Å². The smallest absolute Gasteiger partial charge is 0.244 e. The van der Waals surface area contributed by atoms with E-state index in [0.717, 1.165) is 16.7 Å². The summed E-state index contributed by atoms with van der Waals surface area (Å²) >= 11 is 0. The molecule has 0 atom stereocenters. The average molecular weight is 340 g/mol. The van der Waals surface area contributed by atoms with Gasteiger partial charge in [0, 0.05) is 0 Å². The van der Waals surface area contributed by atoms with Crippen molar-refractivity contribution in [1.82, 2.24) is 5.43 Å². The molecule has 0 heterocycles. The minimum absolute atomic E-state index is 0.167. The predicted octanol–water partition coefficient (Wildman–Crippen LogP) is 3.40. The Morgan fingerprint density at radius 2 is 1.72 bits per heavy atom. The molecule has 0 unspecified atom stereocenters. The first-order chi connectivity index (χ1) is 12.0. The van der Waals surface area contributed by atoms with Crippen LogP contribution in [0.25, 0.3) is 0 Å². The van der Waals surface area contributed by atoms with Crippen molar-refractivity contribution in [2.45, 2.75) is 27.2 Å². The molecule has 5 nitrogen and oxygen atoms in total. The predicted molar refractivity (Wildman–Crippen MR) is 99.5 cm³/mol. The van der Waals surface area contributed by atoms with Crippen molar-refractivity contribution in [3.63, 3.8) is 0 Å². The van der Waals surface area contributed by atoms with Crippen molar-refractivity contribution in [3.05, 3.63) is 58.7 Å². The van der Waals surface area contributed by atoms with Gasteiger partial charge in [-0.15, -0.1) is 0 Å². The zero-order chi connectivity index (χ0) is 18.4. The maximum Gasteiger partial charge on any atom is 0.244 e. The Kier molecular flexibility index (Phi) is 6.17. The molecule has 0 aromatic heterocycles. The number of hydrogen-bond donors (Lipinski definition) is 1. The average Bonchev–Trinajstić information content (AvgIpc) is 2.61. The van der Waals surface area contributed by atoms with Crippen molar-refractivity contribution in [2.24, 2.45) is 5.10 Å². The normalized spacial score (nSPS) is 11.2. The molecule has 2 aromatic carbocycles. The molecule has 0 aliphatic heterocycles. The molecule has 1 N–H and O–H groups in total. The number of carbonyl (C=O) groups excluding carboxylic acids is 1. The molecular formula is C20H24N2O3. The van der Waals surface area contributed by atoms with Crippen molar-refractivity contribution >= 4 is 11.6 Å². The van der Waals surface area contributed by atoms with E-state index < -0.39 is 0 Å². The highest BCUT2D eigenvalue weighted by atomic mass is 16.5. The fraction of sp³-hybridized carbons (Fsp3) is 0.300. The van der Waals surface area contributed by atoms with E-state index in [1.165, 1.54) is 5.56 Å². The Labute approximate surface area is 148 Å². The summed E-state index contributed by atoms with van der Waals surface area (Å²) < 4.78 is 10.7. The van der Waals surface area contributed by atoms with Gasteiger partial charge in [0.15, 0.2) is 0 Å². The number of nitrogens with zero attached hydrogens (tertiary/aromatic N) is 1. The van der Waals surface area contributed by atoms with Crippen LogP contribution in [0.2, 0.25) is 0 Å². The highest BCUT2D eigenvalue weighted by Gasteiger charge is 2.13. The lowest BCUT2D eigenvalue weighted by Gasteiger charge is -2.12. The first-order valence-electron chi connectivity index (χ1n) is 8.07. The van der Waals surface area contributed by atoms with Crippen molar-refractivity contribution in [3.8, 4) is 11.5 Å². The number of amides is 1. The summed E-state index contributed by atoms with van der Waals surface area (Å²) in [5, 5.41) is 4.21. The van der Waals surface area contributed by atoms with Gasteiger partial charge in [0.05, 0.1) is 31.9 Å². The van der Waals surface area contributed by atoms with Gasteiger partial charge in [-0.25, -0.2) is 5.43 Å². The van der Waals surface area contributed by atoms with E-state index >= 15 is 0 Å². The Balaban J connectivity index is 2.14. The fourth-order valence-electron chi connectivity index (χ4n) is 2.67. The SMILES string of the molecule is COc1cccc(OC)c1/C(C)=N/NC(=O)Cc1ccc(C)cc1C. The third kappa shape index (κ3) is 4.59. The Morgan fingerprint density at radius 3 is 2.28 bits per heavy atom. The number of benzene rings is 2. The number of methoxy groups -OCH3 is 2. The summed E-state index contributed by atoms with van der Waals surface area (Å²) in [7, 11) is 3.18. The van der Waals surface area contributed by atoms with E-state index in [2.05, 4.69) is 16.6 Å². The summed E-state index contributed by atoms with van der Waals surface area (Å²) in [5.41, 5.74) is 7.22. The summed E-state index contributed by atoms with van der Waals surface area (Å²) in [4.78, 5) is 12.2. The van der Waals surface area contributed by atoms with Crippen molar-refractivity contribution in [2.75, 3.05) is 14.2 Å². The zero-order valence-corrected chi connectivity index (χ0v) is 15.3. The van der Waals surface area contributed by atoms with E-state index in [9.17, 15) is 4.79 Å². The van der Waals surface area contributed by atoms with Crippen LogP contribution in [-0.2, 0) is 11.2 Å². The molecule has 1 amide bonds. The van der Waals surface area contributed by atoms with Gasteiger partial charge in [0.25, 0.3) is 0 Å². The quantitative estimate of drug-likeness (QED) is 0.647. The van der Waals surface area contributed by atoms with Crippen LogP contribution in [0.4, 0.5) is 0 Å². The topological polar surface area (TPSA) is 59.9 Å². The maximum atomic E-state index is 12.2. The van der Waals surface area contributed by atoms with Gasteiger partial charge in [-0.2, -0.15) is 5.10 Å². The molecule has 5 heteroatoms. The molecule has 0 saturated carbocycles. The molecule has 0 saturated heterocycles. The fourth-order valence-corrected chi connectivity index (χ4v) is 2.67. The lowest BCUT2D eigenvalue weighted by atomic mass is 10.0. The number of aryl methyl sites for hydroxylation is 2. The maximum absolute atomic E-state index is 12.2. The van der Waals surface area contributed by atoms with Gasteiger partial charge in [0.2, 0.25) is 5.91 Å². The minimum atomic E-state index is -0.167. The summed E-state index contributed by atoms with van der Waals surface area (Å²) in [6.07, 6.45) is 0.284. The standard InChI is InChI=1S/C20H24N2O3/c1-13-9-10-16(14(2)11-13)12-19(23)22-21-15(3)20-17(24-4)7-6-8-18(20)25-5/h6-11H,12H2,1-5H3,(H,22,23)/b21-15+. The van der Waals surface area contributed by atoms with Gasteiger partial charge in [-0.3, -0.25) is 4.79 Å². The number of hydrogen-bond acceptors (Lipinski definition) is 4. The van der Waals surface area contributed by atoms with Crippen LogP contribution in [0, 0.1) is 13.8 Å². The van der Waals surface area contributed by atoms with Crippen LogP contribution < -0.4 is 14.9 Å². The number of hydrazone groups is 1. The molecule has 0 aliphatic carbocycles. The number of nitrogens with one attached hydrogen (secondary N) is 1. The molecule has 0 aliphatic rings. The monoisotopic (exact) mass is 340 g/mol. The highest BCUT2D eigenvalue weighted by Crippen LogP contribution is 2.28. The molecular weight excluding hydrogens is 316 g/mol. The third-order valence-electron chi connectivity index (χ3n) is 3.99. The molecule has 0 fully saturated rings. The van der Waals surface area contributed by atoms with Crippen LogP contribution in [0.15, 0.2) is 41.5 Å². The van der Waals surface area contributed by atoms with Crippen LogP contribution in [0.5, 0.6) is 11.5 Å². The minimum Gasteiger partial charge on any atom is -0.496 e. The Hall–Kier alpha value is -2.82. The number of ether oxygens (including phenoxy) is 2. The summed E-state index contributed by atoms with van der Waals surface area (Å²) in [6, 6.07) is 11.5. The van der Waals surface area contributed by atoms with Crippen molar-refractivity contribution < 1.29 is 14.3 Å². The second-order valence-corrected chi connectivity index (χ2v) is 5.88. The lowest BCUT2D eigenvalue weighted by Crippen LogP contribution is -2.22. The van der Waals surface area contributed by atoms with E-state index in [4.69, 9.17) is 9.47 Å². The number of carbonyl (C=O) groups is 1. The van der Waals surface area contributed by atoms with Crippen LogP contribution >= 0.6 is 0 Å². The van der Waals surface area contributed by atoms with E-state index in [1.807, 2.05) is 44.2 Å². The lowest BCUT2D eigenvalue weighted by molar-refractivity contribution is -0.120. The molecule has 2 aromatic rings. The molecule has 0 bridgehead atoms. The molecule has 0 spiro atoms. The summed E-state index contributed by atoms with van der Waals surface area (Å²) in [6.45, 7) is 5.84. The number of rotatable bonds is 6. The van der Waals surface area contributed by atoms with Gasteiger partial charge in [-0.05, 0) is 44.0 Å². The van der Waals surface area contributed by atoms with Crippen LogP contribution in [0.3, 0.4) is 0 Å². The molecule has 0 radical (unpaired) electrons. The summed E-state index contributed by atoms with van der Waals surface area (Å²) in [5.74, 6) is 1.12. The first kappa shape index (κ1) is 18.5. The van der Waals surface area contributed by atoms with E-state index in [-0.39, 0.29) is 12.3 Å². The molecule has 132 valence electrons. The van der Waals surface area contributed by atoms with Crippen molar-refractivity contribution in [1.29, 1.82) is 0 Å². The largest absolute Gasteiger partial charge is 0.496 e. The van der Waals surface area contributed by atoms with Gasteiger partial charge < -0.3 is 9.47 Å². The second kappa shape index (κ2) is 8.33.